The molecular formula is C22H33F3N4O2S3. The summed E-state index contributed by atoms with van der Waals surface area (Å²) in [7, 11) is 0.195. The molecule has 0 unspecified atom stereocenters. The van der Waals surface area contributed by atoms with Crippen LogP contribution < -0.4 is 10.2 Å². The molecule has 1 saturated carbocycles. The molecule has 1 amide bonds. The second-order valence-corrected chi connectivity index (χ2v) is 9.59. The van der Waals surface area contributed by atoms with E-state index in [2.05, 4.69) is 15.3 Å². The van der Waals surface area contributed by atoms with Gasteiger partial charge in [-0.05, 0) is 44.7 Å². The van der Waals surface area contributed by atoms with Crippen LogP contribution >= 0.6 is 27.0 Å². The van der Waals surface area contributed by atoms with Crippen LogP contribution in [-0.2, 0) is 22.0 Å². The van der Waals surface area contributed by atoms with Crippen molar-refractivity contribution in [1.82, 2.24) is 9.97 Å². The third-order valence-electron chi connectivity index (χ3n) is 5.82. The molecule has 6 nitrogen and oxygen atoms in total. The van der Waals surface area contributed by atoms with Crippen molar-refractivity contribution in [3.05, 3.63) is 41.1 Å². The molecule has 1 N–H and O–H groups in total. The van der Waals surface area contributed by atoms with Crippen LogP contribution in [0.3, 0.4) is 0 Å². The number of amides is 1. The topological polar surface area (TPSA) is 75.2 Å². The lowest BCUT2D eigenvalue weighted by Crippen LogP contribution is -2.45. The number of rotatable bonds is 4. The second-order valence-electron chi connectivity index (χ2n) is 7.86. The van der Waals surface area contributed by atoms with E-state index in [4.69, 9.17) is 0 Å². The Hall–Kier alpha value is -1.79. The summed E-state index contributed by atoms with van der Waals surface area (Å²) in [6.45, 7) is 3.60. The van der Waals surface area contributed by atoms with Gasteiger partial charge in [0, 0.05) is 23.6 Å². The lowest BCUT2D eigenvalue weighted by atomic mass is 9.82. The summed E-state index contributed by atoms with van der Waals surface area (Å²) in [5, 5.41) is 2.59. The molecule has 1 aliphatic heterocycles. The number of benzene rings is 1. The number of nitrogens with one attached hydrogen (secondary N) is 1. The number of anilines is 2. The zero-order chi connectivity index (χ0) is 21.7. The van der Waals surface area contributed by atoms with Gasteiger partial charge in [0.15, 0.2) is 23.3 Å². The van der Waals surface area contributed by atoms with Gasteiger partial charge in [0.1, 0.15) is 17.6 Å². The number of aryl methyl sites for hydroxylation is 1. The molecule has 2 aliphatic rings. The molecule has 2 aromatic rings. The van der Waals surface area contributed by atoms with Gasteiger partial charge >= 0.3 is 0 Å². The number of nitrogens with zero attached hydrogens (tertiary/aromatic N) is 3. The van der Waals surface area contributed by atoms with Gasteiger partial charge in [0.25, 0.3) is 0 Å². The average molecular weight is 539 g/mol. The third kappa shape index (κ3) is 5.88. The highest BCUT2D eigenvalue weighted by Gasteiger charge is 2.36. The smallest absolute Gasteiger partial charge is 0.246 e. The minimum absolute atomic E-state index is 0. The zero-order valence-electron chi connectivity index (χ0n) is 17.7. The summed E-state index contributed by atoms with van der Waals surface area (Å²) in [4.78, 5) is 22.9. The molecule has 0 bridgehead atoms. The van der Waals surface area contributed by atoms with Gasteiger partial charge in [0.2, 0.25) is 5.91 Å². The number of fused-ring (bicyclic) bond motifs is 1. The van der Waals surface area contributed by atoms with Gasteiger partial charge in [-0.2, -0.15) is 27.0 Å². The van der Waals surface area contributed by atoms with Crippen LogP contribution in [0, 0.1) is 30.3 Å². The van der Waals surface area contributed by atoms with E-state index in [1.165, 1.54) is 0 Å². The third-order valence-corrected chi connectivity index (χ3v) is 7.51. The van der Waals surface area contributed by atoms with Crippen molar-refractivity contribution in [2.45, 2.75) is 64.2 Å². The number of carbonyl (C=O) groups excluding carboxylic acids is 1. The Labute approximate surface area is 215 Å². The molecule has 12 heteroatoms. The fourth-order valence-corrected chi connectivity index (χ4v) is 5.53. The Morgan fingerprint density at radius 3 is 2.24 bits per heavy atom. The summed E-state index contributed by atoms with van der Waals surface area (Å²) in [6, 6.07) is 1.25. The van der Waals surface area contributed by atoms with Crippen molar-refractivity contribution in [1.29, 1.82) is 0 Å². The van der Waals surface area contributed by atoms with Crippen molar-refractivity contribution in [2.75, 3.05) is 17.3 Å². The number of likely N-dealkylation sites (N-methyl/N-ethyl adjacent to an activating group) is 1. The molecule has 1 aromatic heterocycles. The highest BCUT2D eigenvalue weighted by atomic mass is 32.2. The molecule has 192 valence electrons. The predicted molar refractivity (Wildman–Crippen MR) is 140 cm³/mol. The maximum atomic E-state index is 13.4. The first-order chi connectivity index (χ1) is 14.2. The lowest BCUT2D eigenvalue weighted by Gasteiger charge is -2.35. The highest BCUT2D eigenvalue weighted by molar-refractivity contribution is 7.85. The van der Waals surface area contributed by atoms with Gasteiger partial charge in [-0.25, -0.2) is 23.1 Å². The van der Waals surface area contributed by atoms with Crippen LogP contribution in [0.2, 0.25) is 0 Å². The number of halogens is 3. The number of carbonyl (C=O) groups is 1. The summed E-state index contributed by atoms with van der Waals surface area (Å²) >= 11 is 0. The van der Waals surface area contributed by atoms with E-state index in [1.807, 2.05) is 18.9 Å². The van der Waals surface area contributed by atoms with Crippen LogP contribution in [0.25, 0.3) is 0 Å². The monoisotopic (exact) mass is 538 g/mol. The Balaban J connectivity index is 0.00000272. The molecule has 0 spiro atoms. The van der Waals surface area contributed by atoms with E-state index in [-0.39, 0.29) is 69.9 Å². The molecule has 1 aliphatic carbocycles. The Morgan fingerprint density at radius 1 is 1.12 bits per heavy atom. The van der Waals surface area contributed by atoms with Crippen LogP contribution in [0.15, 0.2) is 17.0 Å². The quantitative estimate of drug-likeness (QED) is 0.576. The van der Waals surface area contributed by atoms with E-state index < -0.39 is 28.3 Å². The normalized spacial score (nSPS) is 21.3. The van der Waals surface area contributed by atoms with Crippen molar-refractivity contribution < 1.29 is 22.2 Å². The predicted octanol–water partition coefficient (Wildman–Crippen LogP) is 4.61. The van der Waals surface area contributed by atoms with Gasteiger partial charge in [-0.1, -0.05) is 14.9 Å². The number of hydrogen-bond acceptors (Lipinski definition) is 5. The summed E-state index contributed by atoms with van der Waals surface area (Å²) < 4.78 is 52.5. The summed E-state index contributed by atoms with van der Waals surface area (Å²) in [5.41, 5.74) is 1.29. The highest BCUT2D eigenvalue weighted by Crippen LogP contribution is 2.38. The largest absolute Gasteiger partial charge is 0.346 e. The standard InChI is InChI=1S/C20H21F3N4O2S.2CH4.2H2S/c1-9-18-19(27(3)10(2)20(28)26-18)25-16(24-9)6-11-4-12(5-11)30(29)13-7-14(21)17(23)15(22)8-13;;;;/h7-8,10-12H,4-6H2,1-3H3,(H,26,28);2*1H4;2*1H2/t10-,11?,12?,30-;;;;/m0..../s1. The lowest BCUT2D eigenvalue weighted by molar-refractivity contribution is -0.117. The Kier molecular flexibility index (Phi) is 11.6. The molecule has 4 rings (SSSR count). The average Bonchev–Trinajstić information content (AvgIpc) is 2.67. The first-order valence-corrected chi connectivity index (χ1v) is 10.8. The minimum Gasteiger partial charge on any atom is -0.346 e. The van der Waals surface area contributed by atoms with E-state index in [0.717, 1.165) is 12.1 Å². The number of hydrogen-bond donors (Lipinski definition) is 1. The first kappa shape index (κ1) is 32.2. The molecule has 0 radical (unpaired) electrons. The van der Waals surface area contributed by atoms with E-state index in [9.17, 15) is 22.2 Å². The molecule has 1 aromatic carbocycles. The van der Waals surface area contributed by atoms with Crippen molar-refractivity contribution in [3.8, 4) is 0 Å². The van der Waals surface area contributed by atoms with Crippen LogP contribution in [0.4, 0.5) is 24.7 Å². The zero-order valence-corrected chi connectivity index (χ0v) is 20.5. The Morgan fingerprint density at radius 2 is 1.68 bits per heavy atom. The maximum absolute atomic E-state index is 13.4. The minimum atomic E-state index is -1.61. The summed E-state index contributed by atoms with van der Waals surface area (Å²) in [5.74, 6) is -2.85. The molecule has 1 fully saturated rings. The van der Waals surface area contributed by atoms with Crippen LogP contribution in [0.5, 0.6) is 0 Å². The molecule has 2 atom stereocenters. The van der Waals surface area contributed by atoms with Gasteiger partial charge in [-0.3, -0.25) is 9.00 Å². The second kappa shape index (κ2) is 12.3. The van der Waals surface area contributed by atoms with Crippen LogP contribution in [0.1, 0.15) is 46.1 Å². The maximum Gasteiger partial charge on any atom is 0.246 e. The van der Waals surface area contributed by atoms with Crippen LogP contribution in [-0.4, -0.2) is 38.4 Å². The Bertz CT molecular complexity index is 1040. The SMILES string of the molecule is C.C.Cc1nc(CC2CC([S@](=O)c3cc(F)c(F)c(F)c3)C2)nc2c1NC(=O)[C@H](C)N2C.S.S. The molecular weight excluding hydrogens is 505 g/mol. The first-order valence-electron chi connectivity index (χ1n) is 9.62. The van der Waals surface area contributed by atoms with Crippen molar-refractivity contribution >= 4 is 55.2 Å². The van der Waals surface area contributed by atoms with E-state index in [0.29, 0.717) is 42.3 Å². The molecule has 34 heavy (non-hydrogen) atoms. The number of aromatic nitrogens is 2. The van der Waals surface area contributed by atoms with Gasteiger partial charge < -0.3 is 10.2 Å². The molecule has 2 heterocycles. The van der Waals surface area contributed by atoms with E-state index >= 15 is 0 Å². The molecule has 0 saturated heterocycles. The summed E-state index contributed by atoms with van der Waals surface area (Å²) in [6.07, 6.45) is 1.76. The van der Waals surface area contributed by atoms with Crippen molar-refractivity contribution in [2.24, 2.45) is 5.92 Å². The van der Waals surface area contributed by atoms with Gasteiger partial charge in [-0.15, -0.1) is 0 Å². The van der Waals surface area contributed by atoms with E-state index in [1.54, 1.807) is 6.92 Å². The van der Waals surface area contributed by atoms with Gasteiger partial charge in [0.05, 0.1) is 16.5 Å². The fourth-order valence-electron chi connectivity index (χ4n) is 3.81. The fraction of sp³-hybridized carbons (Fsp3) is 0.500. The van der Waals surface area contributed by atoms with Crippen molar-refractivity contribution in [3.63, 3.8) is 0 Å².